The molecule has 6 heteroatoms. The van der Waals surface area contributed by atoms with Crippen LogP contribution in [-0.2, 0) is 12.8 Å². The van der Waals surface area contributed by atoms with E-state index >= 15 is 0 Å². The van der Waals surface area contributed by atoms with Crippen LogP contribution in [0.5, 0.6) is 5.75 Å². The minimum absolute atomic E-state index is 0.120. The maximum Gasteiger partial charge on any atom is 0.283 e. The highest BCUT2D eigenvalue weighted by atomic mass is 32.1. The van der Waals surface area contributed by atoms with E-state index in [1.807, 2.05) is 61.5 Å². The van der Waals surface area contributed by atoms with Gasteiger partial charge in [0.25, 0.3) is 5.56 Å². The zero-order valence-electron chi connectivity index (χ0n) is 18.8. The van der Waals surface area contributed by atoms with Crippen molar-refractivity contribution in [3.05, 3.63) is 92.6 Å². The summed E-state index contributed by atoms with van der Waals surface area (Å²) in [5, 5.41) is 17.8. The number of fused-ring (bicyclic) bond motifs is 4. The Morgan fingerprint density at radius 1 is 1.03 bits per heavy atom. The third kappa shape index (κ3) is 3.33. The molecule has 0 bridgehead atoms. The van der Waals surface area contributed by atoms with Crippen molar-refractivity contribution in [1.29, 1.82) is 0 Å². The van der Waals surface area contributed by atoms with Crippen molar-refractivity contribution in [2.75, 3.05) is 0 Å². The van der Waals surface area contributed by atoms with E-state index in [4.69, 9.17) is 4.98 Å². The number of benzene rings is 3. The van der Waals surface area contributed by atoms with Gasteiger partial charge < -0.3 is 5.11 Å². The molecule has 0 spiro atoms. The van der Waals surface area contributed by atoms with Crippen molar-refractivity contribution in [3.63, 3.8) is 0 Å². The number of phenolic OH excluding ortho intramolecular Hbond substituents is 1. The van der Waals surface area contributed by atoms with Crippen LogP contribution in [0.15, 0.2) is 70.6 Å². The second-order valence-electron chi connectivity index (χ2n) is 8.72. The third-order valence-corrected chi connectivity index (χ3v) is 7.79. The fraction of sp³-hybridized carbons (Fsp3) is 0.179. The van der Waals surface area contributed by atoms with Gasteiger partial charge in [-0.25, -0.2) is 4.98 Å². The molecule has 0 atom stereocenters. The topological polar surface area (TPSA) is 67.5 Å². The van der Waals surface area contributed by atoms with Crippen LogP contribution in [0.4, 0.5) is 0 Å². The molecule has 6 rings (SSSR count). The van der Waals surface area contributed by atoms with Gasteiger partial charge in [0.05, 0.1) is 11.6 Å². The van der Waals surface area contributed by atoms with E-state index < -0.39 is 0 Å². The summed E-state index contributed by atoms with van der Waals surface area (Å²) in [7, 11) is 0. The number of nitrogens with zero attached hydrogens (tertiary/aromatic N) is 3. The SMILES string of the molecule is Cc1ccccc1-c1nc2sc3c(c2c(=O)n1N=Cc1c(O)ccc2ccccc12)CCCC3. The Balaban J connectivity index is 1.63. The molecule has 0 aliphatic heterocycles. The summed E-state index contributed by atoms with van der Waals surface area (Å²) >= 11 is 1.64. The highest BCUT2D eigenvalue weighted by molar-refractivity contribution is 7.18. The van der Waals surface area contributed by atoms with Crippen molar-refractivity contribution in [3.8, 4) is 17.1 Å². The van der Waals surface area contributed by atoms with Crippen LogP contribution >= 0.6 is 11.3 Å². The number of rotatable bonds is 3. The lowest BCUT2D eigenvalue weighted by Gasteiger charge is -2.12. The summed E-state index contributed by atoms with van der Waals surface area (Å²) < 4.78 is 1.41. The summed E-state index contributed by atoms with van der Waals surface area (Å²) in [4.78, 5) is 20.9. The van der Waals surface area contributed by atoms with Crippen LogP contribution in [0.3, 0.4) is 0 Å². The van der Waals surface area contributed by atoms with Crippen molar-refractivity contribution in [2.24, 2.45) is 5.10 Å². The lowest BCUT2D eigenvalue weighted by atomic mass is 9.97. The van der Waals surface area contributed by atoms with Gasteiger partial charge in [0.2, 0.25) is 0 Å². The Kier molecular flexibility index (Phi) is 5.03. The monoisotopic (exact) mass is 465 g/mol. The fourth-order valence-corrected chi connectivity index (χ4v) is 6.09. The van der Waals surface area contributed by atoms with Crippen LogP contribution in [0.1, 0.15) is 34.4 Å². The number of hydrogen-bond acceptors (Lipinski definition) is 5. The maximum atomic E-state index is 13.9. The molecule has 1 aliphatic carbocycles. The zero-order valence-corrected chi connectivity index (χ0v) is 19.6. The van der Waals surface area contributed by atoms with Gasteiger partial charge in [0, 0.05) is 16.0 Å². The van der Waals surface area contributed by atoms with Crippen LogP contribution in [-0.4, -0.2) is 21.0 Å². The van der Waals surface area contributed by atoms with Gasteiger partial charge in [0.1, 0.15) is 10.6 Å². The van der Waals surface area contributed by atoms with E-state index in [-0.39, 0.29) is 11.3 Å². The summed E-state index contributed by atoms with van der Waals surface area (Å²) in [6.45, 7) is 2.01. The van der Waals surface area contributed by atoms with E-state index in [0.717, 1.165) is 58.0 Å². The Labute approximate surface area is 200 Å². The van der Waals surface area contributed by atoms with Crippen LogP contribution in [0, 0.1) is 6.92 Å². The molecule has 0 saturated heterocycles. The average molecular weight is 466 g/mol. The second-order valence-corrected chi connectivity index (χ2v) is 9.81. The van der Waals surface area contributed by atoms with E-state index in [2.05, 4.69) is 5.10 Å². The largest absolute Gasteiger partial charge is 0.507 e. The standard InChI is InChI=1S/C28H23N3O2S/c1-17-8-2-4-10-19(17)26-30-27-25(21-12-6-7-13-24(21)34-27)28(33)31(26)29-16-22-20-11-5-3-9-18(20)14-15-23(22)32/h2-5,8-11,14-16,32H,6-7,12-13H2,1H3. The molecule has 0 fully saturated rings. The first-order chi connectivity index (χ1) is 16.6. The second kappa shape index (κ2) is 8.22. The molecule has 5 aromatic rings. The van der Waals surface area contributed by atoms with E-state index in [9.17, 15) is 9.90 Å². The Morgan fingerprint density at radius 2 is 1.82 bits per heavy atom. The third-order valence-electron chi connectivity index (χ3n) is 6.60. The lowest BCUT2D eigenvalue weighted by Crippen LogP contribution is -2.21. The van der Waals surface area contributed by atoms with Gasteiger partial charge in [-0.05, 0) is 60.6 Å². The number of aryl methyl sites for hydroxylation is 3. The lowest BCUT2D eigenvalue weighted by molar-refractivity contribution is 0.475. The van der Waals surface area contributed by atoms with Crippen molar-refractivity contribution in [2.45, 2.75) is 32.6 Å². The number of aromatic hydroxyl groups is 1. The normalized spacial score (nSPS) is 13.7. The van der Waals surface area contributed by atoms with Gasteiger partial charge in [-0.3, -0.25) is 4.79 Å². The van der Waals surface area contributed by atoms with Gasteiger partial charge in [0.15, 0.2) is 5.82 Å². The molecule has 0 amide bonds. The Hall–Kier alpha value is -3.77. The zero-order chi connectivity index (χ0) is 23.2. The summed E-state index contributed by atoms with van der Waals surface area (Å²) in [5.74, 6) is 0.639. The molecule has 1 N–H and O–H groups in total. The molecule has 0 radical (unpaired) electrons. The smallest absolute Gasteiger partial charge is 0.283 e. The Morgan fingerprint density at radius 3 is 2.71 bits per heavy atom. The fourth-order valence-electron chi connectivity index (χ4n) is 4.84. The Bertz CT molecular complexity index is 1660. The van der Waals surface area contributed by atoms with Crippen LogP contribution in [0.25, 0.3) is 32.4 Å². The highest BCUT2D eigenvalue weighted by Gasteiger charge is 2.23. The van der Waals surface area contributed by atoms with Gasteiger partial charge in [-0.15, -0.1) is 11.3 Å². The average Bonchev–Trinajstić information content (AvgIpc) is 3.23. The van der Waals surface area contributed by atoms with Gasteiger partial charge >= 0.3 is 0 Å². The molecule has 1 aliphatic rings. The molecule has 0 unspecified atom stereocenters. The number of phenols is 1. The van der Waals surface area contributed by atoms with Crippen LogP contribution < -0.4 is 5.56 Å². The van der Waals surface area contributed by atoms with Gasteiger partial charge in [-0.2, -0.15) is 9.78 Å². The molecule has 3 aromatic carbocycles. The summed E-state index contributed by atoms with van der Waals surface area (Å²) in [6.07, 6.45) is 5.72. The van der Waals surface area contributed by atoms with Gasteiger partial charge in [-0.1, -0.05) is 54.6 Å². The maximum absolute atomic E-state index is 13.9. The first-order valence-corrected chi connectivity index (χ1v) is 12.3. The molecule has 168 valence electrons. The number of hydrogen-bond donors (Lipinski definition) is 1. The van der Waals surface area contributed by atoms with E-state index in [0.29, 0.717) is 16.8 Å². The predicted octanol–water partition coefficient (Wildman–Crippen LogP) is 6.05. The molecule has 2 aromatic heterocycles. The molecular formula is C28H23N3O2S. The number of aromatic nitrogens is 2. The molecule has 5 nitrogen and oxygen atoms in total. The van der Waals surface area contributed by atoms with Crippen molar-refractivity contribution in [1.82, 2.24) is 9.66 Å². The molecule has 2 heterocycles. The summed E-state index contributed by atoms with van der Waals surface area (Å²) in [6, 6.07) is 19.2. The predicted molar refractivity (Wildman–Crippen MR) is 139 cm³/mol. The molecule has 34 heavy (non-hydrogen) atoms. The van der Waals surface area contributed by atoms with E-state index in [1.54, 1.807) is 23.6 Å². The van der Waals surface area contributed by atoms with Crippen molar-refractivity contribution >= 4 is 38.5 Å². The molecular weight excluding hydrogens is 442 g/mol. The first-order valence-electron chi connectivity index (χ1n) is 11.5. The minimum atomic E-state index is -0.154. The summed E-state index contributed by atoms with van der Waals surface area (Å²) in [5.41, 5.74) is 3.45. The van der Waals surface area contributed by atoms with Crippen molar-refractivity contribution < 1.29 is 5.11 Å². The quantitative estimate of drug-likeness (QED) is 0.330. The number of thiophene rings is 1. The molecule has 0 saturated carbocycles. The minimum Gasteiger partial charge on any atom is -0.507 e. The van der Waals surface area contributed by atoms with E-state index in [1.165, 1.54) is 9.55 Å². The first kappa shape index (κ1) is 20.8. The van der Waals surface area contributed by atoms with Crippen LogP contribution in [0.2, 0.25) is 0 Å². The highest BCUT2D eigenvalue weighted by Crippen LogP contribution is 2.35.